The lowest BCUT2D eigenvalue weighted by molar-refractivity contribution is 0.0940. The van der Waals surface area contributed by atoms with Crippen molar-refractivity contribution in [1.29, 1.82) is 0 Å². The minimum absolute atomic E-state index is 0.0368. The van der Waals surface area contributed by atoms with Gasteiger partial charge in [0.1, 0.15) is 17.8 Å². The largest absolute Gasteiger partial charge is 0.494 e. The summed E-state index contributed by atoms with van der Waals surface area (Å²) >= 11 is 1.69. The van der Waals surface area contributed by atoms with Crippen LogP contribution in [0.15, 0.2) is 42.0 Å². The second-order valence-corrected chi connectivity index (χ2v) is 6.33. The molecule has 24 heavy (non-hydrogen) atoms. The molecule has 0 fully saturated rings. The van der Waals surface area contributed by atoms with E-state index in [1.54, 1.807) is 36.6 Å². The second-order valence-electron chi connectivity index (χ2n) is 5.30. The Morgan fingerprint density at radius 1 is 1.42 bits per heavy atom. The van der Waals surface area contributed by atoms with E-state index in [1.807, 2.05) is 18.4 Å². The van der Waals surface area contributed by atoms with Crippen LogP contribution in [0.4, 0.5) is 0 Å². The number of carbonyl (C=O) groups is 1. The van der Waals surface area contributed by atoms with Crippen molar-refractivity contribution in [2.24, 2.45) is 0 Å². The number of nitrogens with one attached hydrogen (secondary N) is 1. The van der Waals surface area contributed by atoms with Gasteiger partial charge in [0.05, 0.1) is 7.11 Å². The third-order valence-corrected chi connectivity index (χ3v) is 4.40. The Balaban J connectivity index is 1.76. The van der Waals surface area contributed by atoms with Gasteiger partial charge in [0.15, 0.2) is 0 Å². The highest BCUT2D eigenvalue weighted by Gasteiger charge is 2.15. The van der Waals surface area contributed by atoms with Crippen LogP contribution in [0, 0.1) is 0 Å². The Hall–Kier alpha value is -2.74. The van der Waals surface area contributed by atoms with Crippen molar-refractivity contribution in [3.05, 3.63) is 52.5 Å². The van der Waals surface area contributed by atoms with Crippen LogP contribution in [-0.2, 0) is 6.42 Å². The van der Waals surface area contributed by atoms with E-state index in [4.69, 9.17) is 4.74 Å². The topological polar surface area (TPSA) is 81.9 Å². The van der Waals surface area contributed by atoms with Gasteiger partial charge in [-0.2, -0.15) is 4.68 Å². The van der Waals surface area contributed by atoms with Crippen molar-refractivity contribution < 1.29 is 9.53 Å². The fraction of sp³-hybridized carbons (Fsp3) is 0.250. The van der Waals surface area contributed by atoms with Crippen LogP contribution in [0.1, 0.15) is 22.2 Å². The smallest absolute Gasteiger partial charge is 0.251 e. The molecule has 1 unspecified atom stereocenters. The van der Waals surface area contributed by atoms with Crippen LogP contribution < -0.4 is 10.1 Å². The molecule has 3 rings (SSSR count). The standard InChI is InChI=1S/C16H17N5O2S/c1-11(8-13-4-3-7-24-13)18-16(22)12-5-6-15(23-2)14(9-12)21-10-17-19-20-21/h3-7,9-11H,8H2,1-2H3,(H,18,22). The maximum Gasteiger partial charge on any atom is 0.251 e. The van der Waals surface area contributed by atoms with E-state index in [-0.39, 0.29) is 11.9 Å². The fourth-order valence-corrected chi connectivity index (χ4v) is 3.21. The zero-order valence-electron chi connectivity index (χ0n) is 13.3. The summed E-state index contributed by atoms with van der Waals surface area (Å²) in [6.07, 6.45) is 2.26. The number of benzene rings is 1. The molecule has 1 amide bonds. The highest BCUT2D eigenvalue weighted by atomic mass is 32.1. The number of carbonyl (C=O) groups excluding carboxylic acids is 1. The minimum Gasteiger partial charge on any atom is -0.494 e. The van der Waals surface area contributed by atoms with Gasteiger partial charge in [-0.25, -0.2) is 0 Å². The third kappa shape index (κ3) is 3.60. The van der Waals surface area contributed by atoms with Gasteiger partial charge < -0.3 is 10.1 Å². The van der Waals surface area contributed by atoms with Crippen molar-refractivity contribution >= 4 is 17.2 Å². The summed E-state index contributed by atoms with van der Waals surface area (Å²) in [5, 5.41) is 16.1. The number of thiophene rings is 1. The first-order chi connectivity index (χ1) is 11.7. The minimum atomic E-state index is -0.143. The van der Waals surface area contributed by atoms with Crippen LogP contribution in [0.2, 0.25) is 0 Å². The summed E-state index contributed by atoms with van der Waals surface area (Å²) in [7, 11) is 1.56. The van der Waals surface area contributed by atoms with Crippen LogP contribution in [0.3, 0.4) is 0 Å². The van der Waals surface area contributed by atoms with Crippen molar-refractivity contribution in [3.8, 4) is 11.4 Å². The maximum absolute atomic E-state index is 12.5. The van der Waals surface area contributed by atoms with Gasteiger partial charge >= 0.3 is 0 Å². The lowest BCUT2D eigenvalue weighted by Crippen LogP contribution is -2.33. The molecule has 3 aromatic rings. The van der Waals surface area contributed by atoms with Crippen molar-refractivity contribution in [1.82, 2.24) is 25.5 Å². The van der Waals surface area contributed by atoms with Crippen molar-refractivity contribution in [3.63, 3.8) is 0 Å². The fourth-order valence-electron chi connectivity index (χ4n) is 2.37. The Morgan fingerprint density at radius 3 is 2.96 bits per heavy atom. The summed E-state index contributed by atoms with van der Waals surface area (Å²) in [6.45, 7) is 1.99. The average molecular weight is 343 g/mol. The zero-order valence-corrected chi connectivity index (χ0v) is 14.2. The van der Waals surface area contributed by atoms with Gasteiger partial charge in [0.25, 0.3) is 5.91 Å². The quantitative estimate of drug-likeness (QED) is 0.741. The second kappa shape index (κ2) is 7.22. The molecule has 0 aliphatic carbocycles. The first-order valence-electron chi connectivity index (χ1n) is 7.42. The van der Waals surface area contributed by atoms with Crippen LogP contribution >= 0.6 is 11.3 Å². The summed E-state index contributed by atoms with van der Waals surface area (Å²) in [5.74, 6) is 0.446. The van der Waals surface area contributed by atoms with Gasteiger partial charge in [0, 0.05) is 22.9 Å². The molecule has 7 nitrogen and oxygen atoms in total. The van der Waals surface area contributed by atoms with E-state index in [0.717, 1.165) is 6.42 Å². The number of ether oxygens (including phenoxy) is 1. The van der Waals surface area contributed by atoms with E-state index in [9.17, 15) is 4.79 Å². The lowest BCUT2D eigenvalue weighted by atomic mass is 10.1. The average Bonchev–Trinajstić information content (AvgIpc) is 3.27. The Kier molecular flexibility index (Phi) is 4.85. The number of rotatable bonds is 6. The molecule has 2 heterocycles. The van der Waals surface area contributed by atoms with Gasteiger partial charge in [-0.3, -0.25) is 4.79 Å². The van der Waals surface area contributed by atoms with E-state index in [2.05, 4.69) is 26.9 Å². The number of hydrogen-bond acceptors (Lipinski definition) is 6. The lowest BCUT2D eigenvalue weighted by Gasteiger charge is -2.14. The SMILES string of the molecule is COc1ccc(C(=O)NC(C)Cc2cccs2)cc1-n1cnnn1. The summed E-state index contributed by atoms with van der Waals surface area (Å²) < 4.78 is 6.77. The van der Waals surface area contributed by atoms with E-state index < -0.39 is 0 Å². The molecule has 0 radical (unpaired) electrons. The number of tetrazole rings is 1. The molecule has 1 atom stereocenters. The molecule has 2 aromatic heterocycles. The maximum atomic E-state index is 12.5. The van der Waals surface area contributed by atoms with Crippen LogP contribution in [0.25, 0.3) is 5.69 Å². The molecular formula is C16H17N5O2S. The summed E-state index contributed by atoms with van der Waals surface area (Å²) in [5.41, 5.74) is 1.14. The molecule has 0 bridgehead atoms. The highest BCUT2D eigenvalue weighted by molar-refractivity contribution is 7.09. The summed E-state index contributed by atoms with van der Waals surface area (Å²) in [6, 6.07) is 9.28. The monoisotopic (exact) mass is 343 g/mol. The Bertz CT molecular complexity index is 802. The molecule has 8 heteroatoms. The van der Waals surface area contributed by atoms with E-state index in [0.29, 0.717) is 17.0 Å². The zero-order chi connectivity index (χ0) is 16.9. The number of methoxy groups -OCH3 is 1. The molecule has 124 valence electrons. The number of nitrogens with zero attached hydrogens (tertiary/aromatic N) is 4. The molecule has 0 aliphatic rings. The highest BCUT2D eigenvalue weighted by Crippen LogP contribution is 2.23. The molecule has 0 saturated heterocycles. The number of aromatic nitrogens is 4. The number of hydrogen-bond donors (Lipinski definition) is 1. The van der Waals surface area contributed by atoms with Crippen LogP contribution in [-0.4, -0.2) is 39.3 Å². The van der Waals surface area contributed by atoms with Gasteiger partial charge in [-0.1, -0.05) is 6.07 Å². The third-order valence-electron chi connectivity index (χ3n) is 3.50. The molecule has 0 spiro atoms. The summed E-state index contributed by atoms with van der Waals surface area (Å²) in [4.78, 5) is 13.7. The Labute approximate surface area is 143 Å². The predicted molar refractivity (Wildman–Crippen MR) is 90.7 cm³/mol. The van der Waals surface area contributed by atoms with E-state index >= 15 is 0 Å². The first kappa shape index (κ1) is 16.1. The molecule has 0 aliphatic heterocycles. The predicted octanol–water partition coefficient (Wildman–Crippen LogP) is 2.09. The van der Waals surface area contributed by atoms with E-state index in [1.165, 1.54) is 15.9 Å². The van der Waals surface area contributed by atoms with Crippen molar-refractivity contribution in [2.45, 2.75) is 19.4 Å². The number of amides is 1. The molecule has 1 aromatic carbocycles. The van der Waals surface area contributed by atoms with Gasteiger partial charge in [-0.05, 0) is 47.0 Å². The van der Waals surface area contributed by atoms with Gasteiger partial charge in [0.2, 0.25) is 0 Å². The Morgan fingerprint density at radius 2 is 2.29 bits per heavy atom. The normalized spacial score (nSPS) is 11.9. The molecule has 0 saturated carbocycles. The molecular weight excluding hydrogens is 326 g/mol. The van der Waals surface area contributed by atoms with Gasteiger partial charge in [-0.15, -0.1) is 16.4 Å². The first-order valence-corrected chi connectivity index (χ1v) is 8.30. The van der Waals surface area contributed by atoms with Crippen molar-refractivity contribution in [2.75, 3.05) is 7.11 Å². The molecule has 1 N–H and O–H groups in total. The van der Waals surface area contributed by atoms with Crippen LogP contribution in [0.5, 0.6) is 5.75 Å².